The monoisotopic (exact) mass is 565 g/mol. The van der Waals surface area contributed by atoms with Gasteiger partial charge in [0.2, 0.25) is 12.8 Å². The van der Waals surface area contributed by atoms with E-state index in [0.717, 1.165) is 5.56 Å². The fraction of sp³-hybridized carbons (Fsp3) is 0.267. The van der Waals surface area contributed by atoms with E-state index in [9.17, 15) is 19.1 Å². The molecule has 0 fully saturated rings. The molecule has 2 aromatic carbocycles. The molecular formula is C30H33ClFN5O3. The first-order valence-electron chi connectivity index (χ1n) is 12.8. The Kier molecular flexibility index (Phi) is 10.8. The molecule has 0 aliphatic heterocycles. The lowest BCUT2D eigenvalue weighted by Crippen LogP contribution is -2.45. The van der Waals surface area contributed by atoms with Crippen LogP contribution in [0.3, 0.4) is 0 Å². The predicted octanol–water partition coefficient (Wildman–Crippen LogP) is 5.49. The van der Waals surface area contributed by atoms with Crippen molar-refractivity contribution in [3.63, 3.8) is 0 Å². The fourth-order valence-corrected chi connectivity index (χ4v) is 4.76. The number of hydrogen-bond acceptors (Lipinski definition) is 5. The molecule has 0 saturated carbocycles. The number of aromatic nitrogens is 1. The van der Waals surface area contributed by atoms with Crippen molar-refractivity contribution in [1.29, 1.82) is 0 Å². The van der Waals surface area contributed by atoms with E-state index in [1.54, 1.807) is 25.3 Å². The van der Waals surface area contributed by atoms with Crippen LogP contribution < -0.4 is 10.2 Å². The third-order valence-corrected chi connectivity index (χ3v) is 6.77. The Labute approximate surface area is 238 Å². The Morgan fingerprint density at radius 1 is 1.25 bits per heavy atom. The van der Waals surface area contributed by atoms with Gasteiger partial charge in [-0.15, -0.1) is 6.58 Å². The Hall–Kier alpha value is -4.24. The highest BCUT2D eigenvalue weighted by Gasteiger charge is 2.28. The topological polar surface area (TPSA) is 98.1 Å². The van der Waals surface area contributed by atoms with Gasteiger partial charge in [0.1, 0.15) is 17.4 Å². The first kappa shape index (κ1) is 30.3. The molecule has 3 aromatic rings. The van der Waals surface area contributed by atoms with Gasteiger partial charge in [0.15, 0.2) is 5.82 Å². The second-order valence-electron chi connectivity index (χ2n) is 8.97. The highest BCUT2D eigenvalue weighted by molar-refractivity contribution is 6.33. The molecule has 0 aliphatic rings. The summed E-state index contributed by atoms with van der Waals surface area (Å²) in [5, 5.41) is 13.3. The zero-order chi connectivity index (χ0) is 29.2. The number of aryl methyl sites for hydroxylation is 1. The van der Waals surface area contributed by atoms with Gasteiger partial charge in [-0.3, -0.25) is 19.5 Å². The quantitative estimate of drug-likeness (QED) is 0.124. The summed E-state index contributed by atoms with van der Waals surface area (Å²) in [4.78, 5) is 36.4. The number of nitrogens with zero attached hydrogens (tertiary/aromatic N) is 4. The number of aliphatic imine (C=N–C) groups is 1. The molecule has 2 amide bonds. The number of aromatic hydroxyl groups is 1. The smallest absolute Gasteiger partial charge is 0.219 e. The number of carbonyl (C=O) groups excluding carboxylic acids is 2. The number of nitrogens with one attached hydrogen (secondary N) is 1. The van der Waals surface area contributed by atoms with E-state index in [1.165, 1.54) is 23.1 Å². The largest absolute Gasteiger partial charge is 0.507 e. The summed E-state index contributed by atoms with van der Waals surface area (Å²) in [6, 6.07) is 12.7. The third kappa shape index (κ3) is 6.48. The SMILES string of the molecule is C=CCCN(/C(=N/C)c1cc(Cl)c(-c2c(O)cccc2F)nc1N(C=O)c1ccccc1CC)C(C)CNC=O. The van der Waals surface area contributed by atoms with Gasteiger partial charge < -0.3 is 15.3 Å². The molecule has 1 atom stereocenters. The number of phenolic OH excluding ortho intramolecular Hbond substituents is 1. The molecule has 1 heterocycles. The second kappa shape index (κ2) is 14.2. The lowest BCUT2D eigenvalue weighted by atomic mass is 10.0. The zero-order valence-electron chi connectivity index (χ0n) is 22.8. The van der Waals surface area contributed by atoms with Crippen molar-refractivity contribution in [3.05, 3.63) is 83.2 Å². The fourth-order valence-electron chi connectivity index (χ4n) is 4.51. The molecule has 1 unspecified atom stereocenters. The number of anilines is 2. The molecule has 0 saturated heterocycles. The molecule has 0 radical (unpaired) electrons. The van der Waals surface area contributed by atoms with Gasteiger partial charge in [-0.05, 0) is 49.6 Å². The van der Waals surface area contributed by atoms with Gasteiger partial charge in [0.05, 0.1) is 27.5 Å². The standard InChI is InChI=1S/C30H33ClFN5O3/c1-5-7-15-36(20(3)17-34-18-38)29(33-4)22-16-23(31)28(27-24(32)12-10-14-26(27)40)35-30(22)37(19-39)25-13-9-8-11-21(25)6-2/h5,8-14,16,18-20,40H,1,6-7,15,17H2,2-4H3,(H,34,38)/b33-29+. The van der Waals surface area contributed by atoms with E-state index in [1.807, 2.05) is 36.9 Å². The number of carbonyl (C=O) groups is 2. The number of rotatable bonds is 13. The first-order chi connectivity index (χ1) is 19.3. The normalized spacial score (nSPS) is 12.0. The summed E-state index contributed by atoms with van der Waals surface area (Å²) >= 11 is 6.71. The average molecular weight is 566 g/mol. The molecule has 2 N–H and O–H groups in total. The van der Waals surface area contributed by atoms with Crippen molar-refractivity contribution in [1.82, 2.24) is 15.2 Å². The van der Waals surface area contributed by atoms with Crippen LogP contribution in [-0.4, -0.2) is 59.8 Å². The van der Waals surface area contributed by atoms with E-state index >= 15 is 0 Å². The van der Waals surface area contributed by atoms with Crippen molar-refractivity contribution in [2.75, 3.05) is 25.0 Å². The number of halogens is 2. The van der Waals surface area contributed by atoms with Gasteiger partial charge in [0.25, 0.3) is 0 Å². The van der Waals surface area contributed by atoms with Crippen LogP contribution in [0.4, 0.5) is 15.9 Å². The summed E-state index contributed by atoms with van der Waals surface area (Å²) in [7, 11) is 1.61. The maximum absolute atomic E-state index is 15.0. The number of para-hydroxylation sites is 1. The molecule has 1 aromatic heterocycles. The molecule has 0 aliphatic carbocycles. The molecule has 40 heavy (non-hydrogen) atoms. The van der Waals surface area contributed by atoms with Crippen LogP contribution in [0.15, 0.2) is 66.2 Å². The minimum absolute atomic E-state index is 0.0272. The summed E-state index contributed by atoms with van der Waals surface area (Å²) in [6.07, 6.45) is 4.28. The molecule has 210 valence electrons. The van der Waals surface area contributed by atoms with E-state index in [2.05, 4.69) is 16.9 Å². The van der Waals surface area contributed by atoms with Crippen LogP contribution in [-0.2, 0) is 16.0 Å². The van der Waals surface area contributed by atoms with Gasteiger partial charge in [-0.1, -0.05) is 48.9 Å². The van der Waals surface area contributed by atoms with Gasteiger partial charge >= 0.3 is 0 Å². The Morgan fingerprint density at radius 3 is 2.62 bits per heavy atom. The minimum Gasteiger partial charge on any atom is -0.507 e. The number of amides is 2. The molecule has 0 spiro atoms. The zero-order valence-corrected chi connectivity index (χ0v) is 23.5. The van der Waals surface area contributed by atoms with Crippen LogP contribution in [0, 0.1) is 5.82 Å². The Balaban J connectivity index is 2.36. The van der Waals surface area contributed by atoms with Crippen molar-refractivity contribution in [3.8, 4) is 17.0 Å². The summed E-state index contributed by atoms with van der Waals surface area (Å²) < 4.78 is 15.0. The number of phenols is 1. The van der Waals surface area contributed by atoms with Crippen molar-refractivity contribution in [2.45, 2.75) is 32.7 Å². The van der Waals surface area contributed by atoms with Crippen molar-refractivity contribution < 1.29 is 19.1 Å². The first-order valence-corrected chi connectivity index (χ1v) is 13.2. The molecule has 3 rings (SSSR count). The number of pyridine rings is 1. The molecule has 10 heteroatoms. The van der Waals surface area contributed by atoms with Crippen molar-refractivity contribution >= 4 is 41.8 Å². The maximum atomic E-state index is 15.0. The predicted molar refractivity (Wildman–Crippen MR) is 158 cm³/mol. The van der Waals surface area contributed by atoms with Gasteiger partial charge in [0, 0.05) is 26.2 Å². The summed E-state index contributed by atoms with van der Waals surface area (Å²) in [5.41, 5.74) is 1.67. The molecular weight excluding hydrogens is 533 g/mol. The number of benzene rings is 2. The lowest BCUT2D eigenvalue weighted by molar-refractivity contribution is -0.109. The Bertz CT molecular complexity index is 1380. The lowest BCUT2D eigenvalue weighted by Gasteiger charge is -2.33. The van der Waals surface area contributed by atoms with E-state index in [0.29, 0.717) is 55.8 Å². The van der Waals surface area contributed by atoms with E-state index < -0.39 is 5.82 Å². The maximum Gasteiger partial charge on any atom is 0.219 e. The van der Waals surface area contributed by atoms with E-state index in [4.69, 9.17) is 16.6 Å². The van der Waals surface area contributed by atoms with Crippen LogP contribution >= 0.6 is 11.6 Å². The minimum atomic E-state index is -0.717. The molecule has 0 bridgehead atoms. The van der Waals surface area contributed by atoms with Gasteiger partial charge in [-0.2, -0.15) is 0 Å². The average Bonchev–Trinajstić information content (AvgIpc) is 2.95. The second-order valence-corrected chi connectivity index (χ2v) is 9.38. The third-order valence-electron chi connectivity index (χ3n) is 6.48. The summed E-state index contributed by atoms with van der Waals surface area (Å²) in [5.74, 6) is -0.454. The number of hydrogen-bond donors (Lipinski definition) is 2. The van der Waals surface area contributed by atoms with Crippen LogP contribution in [0.5, 0.6) is 5.75 Å². The van der Waals surface area contributed by atoms with Gasteiger partial charge in [-0.25, -0.2) is 9.37 Å². The number of amidine groups is 1. The highest BCUT2D eigenvalue weighted by Crippen LogP contribution is 2.40. The van der Waals surface area contributed by atoms with Crippen LogP contribution in [0.25, 0.3) is 11.3 Å². The van der Waals surface area contributed by atoms with Crippen molar-refractivity contribution in [2.24, 2.45) is 4.99 Å². The van der Waals surface area contributed by atoms with Crippen LogP contribution in [0.1, 0.15) is 31.4 Å². The summed E-state index contributed by atoms with van der Waals surface area (Å²) in [6.45, 7) is 8.54. The molecule has 8 nitrogen and oxygen atoms in total. The Morgan fingerprint density at radius 2 is 2.00 bits per heavy atom. The highest BCUT2D eigenvalue weighted by atomic mass is 35.5. The van der Waals surface area contributed by atoms with E-state index in [-0.39, 0.29) is 33.9 Å². The van der Waals surface area contributed by atoms with Crippen LogP contribution in [0.2, 0.25) is 5.02 Å².